The van der Waals surface area contributed by atoms with E-state index in [-0.39, 0.29) is 5.84 Å². The molecule has 4 N–H and O–H groups in total. The monoisotopic (exact) mass is 217 g/mol. The van der Waals surface area contributed by atoms with Crippen molar-refractivity contribution in [2.45, 2.75) is 13.8 Å². The SMILES string of the molecule is C=C(C=N/C(C#N)=C\C)N/C(=C\C)C(=N)N. The second-order valence-electron chi connectivity index (χ2n) is 2.81. The Morgan fingerprint density at radius 2 is 2.12 bits per heavy atom. The fourth-order valence-corrected chi connectivity index (χ4v) is 0.816. The maximum Gasteiger partial charge on any atom is 0.139 e. The first-order chi connectivity index (χ1) is 7.54. The molecule has 0 amide bonds. The van der Waals surface area contributed by atoms with E-state index < -0.39 is 0 Å². The molecule has 0 rings (SSSR count). The highest BCUT2D eigenvalue weighted by Gasteiger charge is 1.99. The normalized spacial score (nSPS) is 12.3. The van der Waals surface area contributed by atoms with Crippen molar-refractivity contribution < 1.29 is 0 Å². The Labute approximate surface area is 95.2 Å². The number of allylic oxidation sites excluding steroid dienone is 4. The lowest BCUT2D eigenvalue weighted by Gasteiger charge is -2.07. The van der Waals surface area contributed by atoms with Crippen LogP contribution in [0.5, 0.6) is 0 Å². The molecule has 0 aromatic rings. The second-order valence-corrected chi connectivity index (χ2v) is 2.81. The van der Waals surface area contributed by atoms with Gasteiger partial charge in [-0.2, -0.15) is 5.26 Å². The average molecular weight is 217 g/mol. The summed E-state index contributed by atoms with van der Waals surface area (Å²) in [6, 6.07) is 1.91. The predicted octanol–water partition coefficient (Wildman–Crippen LogP) is 1.43. The third-order valence-corrected chi connectivity index (χ3v) is 1.62. The highest BCUT2D eigenvalue weighted by atomic mass is 15.0. The first kappa shape index (κ1) is 13.7. The van der Waals surface area contributed by atoms with Crippen LogP contribution in [0.4, 0.5) is 0 Å². The summed E-state index contributed by atoms with van der Waals surface area (Å²) in [7, 11) is 0. The fourth-order valence-electron chi connectivity index (χ4n) is 0.816. The van der Waals surface area contributed by atoms with Gasteiger partial charge in [-0.1, -0.05) is 18.7 Å². The molecule has 16 heavy (non-hydrogen) atoms. The van der Waals surface area contributed by atoms with Gasteiger partial charge in [-0.15, -0.1) is 0 Å². The van der Waals surface area contributed by atoms with E-state index in [2.05, 4.69) is 16.9 Å². The van der Waals surface area contributed by atoms with Crippen LogP contribution in [0.3, 0.4) is 0 Å². The number of rotatable bonds is 5. The Balaban J connectivity index is 4.53. The van der Waals surface area contributed by atoms with Crippen molar-refractivity contribution in [3.63, 3.8) is 0 Å². The summed E-state index contributed by atoms with van der Waals surface area (Å²) in [5, 5.41) is 18.6. The van der Waals surface area contributed by atoms with Crippen LogP contribution >= 0.6 is 0 Å². The molecule has 84 valence electrons. The van der Waals surface area contributed by atoms with Gasteiger partial charge in [0.25, 0.3) is 0 Å². The van der Waals surface area contributed by atoms with E-state index in [4.69, 9.17) is 16.4 Å². The first-order valence-corrected chi connectivity index (χ1v) is 4.62. The number of nitrogens with zero attached hydrogens (tertiary/aromatic N) is 2. The van der Waals surface area contributed by atoms with E-state index in [1.807, 2.05) is 6.07 Å². The number of nitriles is 1. The van der Waals surface area contributed by atoms with Crippen molar-refractivity contribution in [1.82, 2.24) is 5.32 Å². The van der Waals surface area contributed by atoms with Crippen LogP contribution in [0.25, 0.3) is 0 Å². The van der Waals surface area contributed by atoms with Crippen molar-refractivity contribution >= 4 is 12.1 Å². The van der Waals surface area contributed by atoms with Crippen molar-refractivity contribution in [3.8, 4) is 6.07 Å². The molecule has 0 aromatic heterocycles. The number of amidine groups is 1. The lowest BCUT2D eigenvalue weighted by atomic mass is 10.3. The molecule has 0 unspecified atom stereocenters. The Morgan fingerprint density at radius 3 is 2.50 bits per heavy atom. The molecule has 5 heteroatoms. The molecule has 0 atom stereocenters. The molecule has 0 heterocycles. The molecule has 0 saturated carbocycles. The minimum Gasteiger partial charge on any atom is -0.382 e. The molecule has 0 radical (unpaired) electrons. The van der Waals surface area contributed by atoms with E-state index in [1.54, 1.807) is 26.0 Å². The standard InChI is InChI=1S/C11H15N5/c1-4-9(6-12)15-7-8(3)16-10(5-2)11(13)14/h4-5,7,16H,3H2,1-2H3,(H3,13,14)/b9-4-,10-5-,15-7?. The number of hydrogen-bond acceptors (Lipinski definition) is 4. The van der Waals surface area contributed by atoms with Gasteiger partial charge in [-0.3, -0.25) is 5.41 Å². The fraction of sp³-hybridized carbons (Fsp3) is 0.182. The van der Waals surface area contributed by atoms with E-state index in [1.165, 1.54) is 6.21 Å². The van der Waals surface area contributed by atoms with Crippen LogP contribution in [0, 0.1) is 16.7 Å². The van der Waals surface area contributed by atoms with Crippen LogP contribution < -0.4 is 11.1 Å². The van der Waals surface area contributed by atoms with E-state index in [0.29, 0.717) is 17.1 Å². The lowest BCUT2D eigenvalue weighted by Crippen LogP contribution is -2.25. The molecule has 5 nitrogen and oxygen atoms in total. The molecule has 0 aliphatic carbocycles. The van der Waals surface area contributed by atoms with Crippen LogP contribution in [0.1, 0.15) is 13.8 Å². The van der Waals surface area contributed by atoms with Gasteiger partial charge in [-0.25, -0.2) is 4.99 Å². The van der Waals surface area contributed by atoms with Gasteiger partial charge < -0.3 is 11.1 Å². The maximum atomic E-state index is 8.61. The van der Waals surface area contributed by atoms with Gasteiger partial charge in [0, 0.05) is 5.70 Å². The van der Waals surface area contributed by atoms with Crippen molar-refractivity contribution in [2.24, 2.45) is 10.7 Å². The lowest BCUT2D eigenvalue weighted by molar-refractivity contribution is 1.08. The summed E-state index contributed by atoms with van der Waals surface area (Å²) < 4.78 is 0. The quantitative estimate of drug-likeness (QED) is 0.369. The molecule has 0 aliphatic heterocycles. The van der Waals surface area contributed by atoms with E-state index in [9.17, 15) is 0 Å². The summed E-state index contributed by atoms with van der Waals surface area (Å²) in [4.78, 5) is 3.88. The predicted molar refractivity (Wildman–Crippen MR) is 65.8 cm³/mol. The number of hydrogen-bond donors (Lipinski definition) is 3. The molecule has 0 saturated heterocycles. The van der Waals surface area contributed by atoms with E-state index in [0.717, 1.165) is 0 Å². The summed E-state index contributed by atoms with van der Waals surface area (Å²) >= 11 is 0. The summed E-state index contributed by atoms with van der Waals surface area (Å²) in [6.45, 7) is 7.15. The zero-order valence-corrected chi connectivity index (χ0v) is 9.41. The van der Waals surface area contributed by atoms with Crippen molar-refractivity contribution in [2.75, 3.05) is 0 Å². The molecule has 0 spiro atoms. The van der Waals surface area contributed by atoms with Gasteiger partial charge in [0.1, 0.15) is 17.6 Å². The Kier molecular flexibility index (Phi) is 5.98. The molecular formula is C11H15N5. The molecule has 0 aromatic carbocycles. The molecule has 0 aliphatic rings. The second kappa shape index (κ2) is 7.01. The largest absolute Gasteiger partial charge is 0.382 e. The third kappa shape index (κ3) is 4.77. The zero-order valence-electron chi connectivity index (χ0n) is 9.41. The highest BCUT2D eigenvalue weighted by molar-refractivity contribution is 5.95. The molecule has 0 fully saturated rings. The number of nitrogens with two attached hydrogens (primary N) is 1. The van der Waals surface area contributed by atoms with Crippen molar-refractivity contribution in [3.05, 3.63) is 35.8 Å². The topological polar surface area (TPSA) is 98.0 Å². The number of aliphatic imine (C=N–C) groups is 1. The van der Waals surface area contributed by atoms with Gasteiger partial charge in [0.2, 0.25) is 0 Å². The van der Waals surface area contributed by atoms with Crippen LogP contribution in [0.15, 0.2) is 40.8 Å². The Hall–Kier alpha value is -2.35. The third-order valence-electron chi connectivity index (χ3n) is 1.62. The average Bonchev–Trinajstić information content (AvgIpc) is 2.26. The highest BCUT2D eigenvalue weighted by Crippen LogP contribution is 1.95. The van der Waals surface area contributed by atoms with Gasteiger partial charge >= 0.3 is 0 Å². The minimum atomic E-state index is -0.0800. The minimum absolute atomic E-state index is 0.0800. The van der Waals surface area contributed by atoms with Gasteiger partial charge in [0.05, 0.1) is 11.9 Å². The van der Waals surface area contributed by atoms with Crippen LogP contribution in [-0.4, -0.2) is 12.1 Å². The maximum absolute atomic E-state index is 8.61. The van der Waals surface area contributed by atoms with Crippen molar-refractivity contribution in [1.29, 1.82) is 10.7 Å². The van der Waals surface area contributed by atoms with E-state index >= 15 is 0 Å². The Bertz CT molecular complexity index is 407. The molecule has 0 bridgehead atoms. The van der Waals surface area contributed by atoms with Crippen LogP contribution in [-0.2, 0) is 0 Å². The number of nitrogens with one attached hydrogen (secondary N) is 2. The molecular weight excluding hydrogens is 202 g/mol. The smallest absolute Gasteiger partial charge is 0.139 e. The first-order valence-electron chi connectivity index (χ1n) is 4.62. The summed E-state index contributed by atoms with van der Waals surface area (Å²) in [5.74, 6) is -0.0800. The van der Waals surface area contributed by atoms with Crippen LogP contribution in [0.2, 0.25) is 0 Å². The summed E-state index contributed by atoms with van der Waals surface area (Å²) in [5.41, 5.74) is 6.52. The Morgan fingerprint density at radius 1 is 1.50 bits per heavy atom. The zero-order chi connectivity index (χ0) is 12.6. The summed E-state index contributed by atoms with van der Waals surface area (Å²) in [6.07, 6.45) is 4.65. The van der Waals surface area contributed by atoms with Gasteiger partial charge in [-0.05, 0) is 13.8 Å². The van der Waals surface area contributed by atoms with Gasteiger partial charge in [0.15, 0.2) is 0 Å².